The highest BCUT2D eigenvalue weighted by molar-refractivity contribution is 5.21. The van der Waals surface area contributed by atoms with Gasteiger partial charge in [0.25, 0.3) is 0 Å². The van der Waals surface area contributed by atoms with Crippen LogP contribution in [0.3, 0.4) is 0 Å². The van der Waals surface area contributed by atoms with Gasteiger partial charge in [0.05, 0.1) is 7.11 Å². The van der Waals surface area contributed by atoms with Gasteiger partial charge < -0.3 is 4.74 Å². The molecule has 0 aromatic rings. The van der Waals surface area contributed by atoms with E-state index < -0.39 is 0 Å². The van der Waals surface area contributed by atoms with Crippen LogP contribution in [0.4, 0.5) is 0 Å². The summed E-state index contributed by atoms with van der Waals surface area (Å²) in [5.74, 6) is 0.910. The molecule has 0 bridgehead atoms. The summed E-state index contributed by atoms with van der Waals surface area (Å²) in [4.78, 5) is 0. The Morgan fingerprint density at radius 1 is 1.42 bits per heavy atom. The second-order valence-corrected chi connectivity index (χ2v) is 2.64. The van der Waals surface area contributed by atoms with Crippen molar-refractivity contribution in [1.29, 1.82) is 0 Å². The Labute approximate surface area is 75.4 Å². The fraction of sp³-hybridized carbons (Fsp3) is 0.455. The van der Waals surface area contributed by atoms with Crippen LogP contribution in [0.15, 0.2) is 35.6 Å². The van der Waals surface area contributed by atoms with Gasteiger partial charge >= 0.3 is 0 Å². The summed E-state index contributed by atoms with van der Waals surface area (Å²) in [6, 6.07) is 0. The SMILES string of the molecule is C\C=C/C=C(\C=C(/C)CC)OC. The summed E-state index contributed by atoms with van der Waals surface area (Å²) in [5.41, 5.74) is 1.33. The molecule has 0 fully saturated rings. The number of hydrogen-bond acceptors (Lipinski definition) is 1. The summed E-state index contributed by atoms with van der Waals surface area (Å²) in [6.07, 6.45) is 9.03. The van der Waals surface area contributed by atoms with E-state index in [4.69, 9.17) is 4.74 Å². The Morgan fingerprint density at radius 3 is 2.50 bits per heavy atom. The van der Waals surface area contributed by atoms with E-state index in [-0.39, 0.29) is 0 Å². The number of ether oxygens (including phenoxy) is 1. The maximum Gasteiger partial charge on any atom is 0.118 e. The van der Waals surface area contributed by atoms with Gasteiger partial charge in [0, 0.05) is 0 Å². The average Bonchev–Trinajstić information content (AvgIpc) is 2.11. The molecule has 0 heterocycles. The molecule has 12 heavy (non-hydrogen) atoms. The molecule has 0 radical (unpaired) electrons. The molecule has 0 aliphatic rings. The van der Waals surface area contributed by atoms with Gasteiger partial charge in [0.2, 0.25) is 0 Å². The zero-order chi connectivity index (χ0) is 9.40. The first-order chi connectivity index (χ1) is 5.74. The Kier molecular flexibility index (Phi) is 6.16. The number of hydrogen-bond donors (Lipinski definition) is 0. The number of rotatable bonds is 4. The monoisotopic (exact) mass is 166 g/mol. The molecule has 68 valence electrons. The molecule has 0 saturated carbocycles. The highest BCUT2D eigenvalue weighted by Gasteiger charge is 1.89. The van der Waals surface area contributed by atoms with Gasteiger partial charge in [-0.15, -0.1) is 0 Å². The highest BCUT2D eigenvalue weighted by atomic mass is 16.5. The molecular weight excluding hydrogens is 148 g/mol. The molecular formula is C11H18O. The summed E-state index contributed by atoms with van der Waals surface area (Å²) >= 11 is 0. The van der Waals surface area contributed by atoms with Gasteiger partial charge in [-0.3, -0.25) is 0 Å². The van der Waals surface area contributed by atoms with Crippen molar-refractivity contribution in [1.82, 2.24) is 0 Å². The molecule has 0 amide bonds. The summed E-state index contributed by atoms with van der Waals surface area (Å²) in [5, 5.41) is 0. The van der Waals surface area contributed by atoms with E-state index in [9.17, 15) is 0 Å². The lowest BCUT2D eigenvalue weighted by Crippen LogP contribution is -1.83. The Hall–Kier alpha value is -0.980. The van der Waals surface area contributed by atoms with E-state index in [1.165, 1.54) is 5.57 Å². The quantitative estimate of drug-likeness (QED) is 0.459. The summed E-state index contributed by atoms with van der Waals surface area (Å²) in [7, 11) is 1.69. The molecule has 0 N–H and O–H groups in total. The second kappa shape index (κ2) is 6.71. The first kappa shape index (κ1) is 11.0. The van der Waals surface area contributed by atoms with Gasteiger partial charge in [-0.25, -0.2) is 0 Å². The maximum absolute atomic E-state index is 5.16. The van der Waals surface area contributed by atoms with Gasteiger partial charge in [0.1, 0.15) is 5.76 Å². The van der Waals surface area contributed by atoms with Gasteiger partial charge in [0.15, 0.2) is 0 Å². The standard InChI is InChI=1S/C11H18O/c1-5-7-8-11(12-4)9-10(3)6-2/h5,7-9H,6H2,1-4H3/b7-5-,10-9+,11-8+. The molecule has 0 rings (SSSR count). The molecule has 0 aromatic heterocycles. The smallest absolute Gasteiger partial charge is 0.118 e. The minimum absolute atomic E-state index is 0.910. The largest absolute Gasteiger partial charge is 0.497 e. The number of allylic oxidation sites excluding steroid dienone is 5. The number of methoxy groups -OCH3 is 1. The van der Waals surface area contributed by atoms with Crippen molar-refractivity contribution >= 4 is 0 Å². The van der Waals surface area contributed by atoms with E-state index in [0.29, 0.717) is 0 Å². The second-order valence-electron chi connectivity index (χ2n) is 2.64. The molecule has 0 aliphatic heterocycles. The Balaban J connectivity index is 4.35. The van der Waals surface area contributed by atoms with E-state index in [1.54, 1.807) is 7.11 Å². The van der Waals surface area contributed by atoms with Gasteiger partial charge in [-0.1, -0.05) is 24.6 Å². The van der Waals surface area contributed by atoms with Crippen LogP contribution in [0.25, 0.3) is 0 Å². The molecule has 1 nitrogen and oxygen atoms in total. The third-order valence-electron chi connectivity index (χ3n) is 1.63. The molecule has 0 unspecified atom stereocenters. The molecule has 0 spiro atoms. The Morgan fingerprint density at radius 2 is 2.08 bits per heavy atom. The van der Waals surface area contributed by atoms with Crippen molar-refractivity contribution < 1.29 is 4.74 Å². The van der Waals surface area contributed by atoms with E-state index in [1.807, 2.05) is 25.2 Å². The predicted molar refractivity (Wildman–Crippen MR) is 54.0 cm³/mol. The summed E-state index contributed by atoms with van der Waals surface area (Å²) in [6.45, 7) is 6.22. The van der Waals surface area contributed by atoms with Crippen LogP contribution in [0.5, 0.6) is 0 Å². The highest BCUT2D eigenvalue weighted by Crippen LogP contribution is 2.06. The minimum atomic E-state index is 0.910. The maximum atomic E-state index is 5.16. The van der Waals surface area contributed by atoms with Crippen molar-refractivity contribution in [3.8, 4) is 0 Å². The lowest BCUT2D eigenvalue weighted by molar-refractivity contribution is 0.306. The molecule has 1 heteroatoms. The zero-order valence-electron chi connectivity index (χ0n) is 8.42. The van der Waals surface area contributed by atoms with Crippen molar-refractivity contribution in [2.45, 2.75) is 27.2 Å². The first-order valence-electron chi connectivity index (χ1n) is 4.28. The van der Waals surface area contributed by atoms with E-state index >= 15 is 0 Å². The molecule has 0 saturated heterocycles. The van der Waals surface area contributed by atoms with Crippen molar-refractivity contribution in [3.05, 3.63) is 35.6 Å². The zero-order valence-corrected chi connectivity index (χ0v) is 8.42. The fourth-order valence-corrected chi connectivity index (χ4v) is 0.711. The third-order valence-corrected chi connectivity index (χ3v) is 1.63. The minimum Gasteiger partial charge on any atom is -0.497 e. The van der Waals surface area contributed by atoms with Crippen LogP contribution in [0.1, 0.15) is 27.2 Å². The van der Waals surface area contributed by atoms with Gasteiger partial charge in [-0.05, 0) is 32.4 Å². The topological polar surface area (TPSA) is 9.23 Å². The third kappa shape index (κ3) is 4.78. The van der Waals surface area contributed by atoms with Crippen LogP contribution >= 0.6 is 0 Å². The van der Waals surface area contributed by atoms with Crippen molar-refractivity contribution in [3.63, 3.8) is 0 Å². The molecule has 0 aromatic carbocycles. The van der Waals surface area contributed by atoms with Crippen LogP contribution in [0.2, 0.25) is 0 Å². The predicted octanol–water partition coefficient (Wildman–Crippen LogP) is 3.45. The average molecular weight is 166 g/mol. The van der Waals surface area contributed by atoms with Crippen molar-refractivity contribution in [2.75, 3.05) is 7.11 Å². The van der Waals surface area contributed by atoms with Crippen LogP contribution in [-0.2, 0) is 4.74 Å². The summed E-state index contributed by atoms with van der Waals surface area (Å²) < 4.78 is 5.16. The lowest BCUT2D eigenvalue weighted by atomic mass is 10.2. The Bertz CT molecular complexity index is 194. The molecule has 0 atom stereocenters. The van der Waals surface area contributed by atoms with Gasteiger partial charge in [-0.2, -0.15) is 0 Å². The fourth-order valence-electron chi connectivity index (χ4n) is 0.711. The van der Waals surface area contributed by atoms with Crippen molar-refractivity contribution in [2.24, 2.45) is 0 Å². The van der Waals surface area contributed by atoms with Crippen LogP contribution < -0.4 is 0 Å². The van der Waals surface area contributed by atoms with Crippen LogP contribution in [-0.4, -0.2) is 7.11 Å². The normalized spacial score (nSPS) is 14.0. The van der Waals surface area contributed by atoms with Crippen LogP contribution in [0, 0.1) is 0 Å². The van der Waals surface area contributed by atoms with E-state index in [0.717, 1.165) is 12.2 Å². The first-order valence-corrected chi connectivity index (χ1v) is 4.28. The molecule has 0 aliphatic carbocycles. The van der Waals surface area contributed by atoms with E-state index in [2.05, 4.69) is 19.9 Å². The lowest BCUT2D eigenvalue weighted by Gasteiger charge is -2.00.